The van der Waals surface area contributed by atoms with Crippen LogP contribution in [0.2, 0.25) is 0 Å². The van der Waals surface area contributed by atoms with E-state index in [1.165, 1.54) is 6.42 Å². The van der Waals surface area contributed by atoms with Crippen LogP contribution in [0.25, 0.3) is 0 Å². The molecule has 2 fully saturated rings. The molecule has 3 unspecified atom stereocenters. The molecular weight excluding hydrogens is 152 g/mol. The van der Waals surface area contributed by atoms with Gasteiger partial charge in [0, 0.05) is 31.6 Å². The third kappa shape index (κ3) is 0.891. The summed E-state index contributed by atoms with van der Waals surface area (Å²) in [5.41, 5.74) is 0. The zero-order chi connectivity index (χ0) is 8.88. The molecule has 2 saturated heterocycles. The molecule has 0 aromatic carbocycles. The Balaban J connectivity index is 2.18. The van der Waals surface area contributed by atoms with E-state index in [1.54, 1.807) is 6.92 Å². The van der Waals surface area contributed by atoms with Crippen LogP contribution in [0.1, 0.15) is 20.3 Å². The lowest BCUT2D eigenvalue weighted by Gasteiger charge is -2.37. The normalized spacial score (nSPS) is 40.9. The van der Waals surface area contributed by atoms with Crippen molar-refractivity contribution in [3.8, 4) is 0 Å². The van der Waals surface area contributed by atoms with Gasteiger partial charge in [-0.05, 0) is 20.4 Å². The molecule has 3 atom stereocenters. The molecule has 2 aliphatic rings. The Morgan fingerprint density at radius 3 is 2.58 bits per heavy atom. The Morgan fingerprint density at radius 1 is 1.50 bits per heavy atom. The number of amides is 1. The minimum absolute atomic E-state index is 0.239. The van der Waals surface area contributed by atoms with Crippen LogP contribution in [0, 0.1) is 0 Å². The van der Waals surface area contributed by atoms with Crippen molar-refractivity contribution in [3.05, 3.63) is 0 Å². The van der Waals surface area contributed by atoms with Crippen LogP contribution in [-0.2, 0) is 4.79 Å². The zero-order valence-corrected chi connectivity index (χ0v) is 7.95. The van der Waals surface area contributed by atoms with E-state index in [1.807, 2.05) is 4.90 Å². The van der Waals surface area contributed by atoms with Crippen LogP contribution in [-0.4, -0.2) is 47.4 Å². The lowest BCUT2D eigenvalue weighted by Crippen LogP contribution is -2.52. The number of hydrogen-bond donors (Lipinski definition) is 0. The van der Waals surface area contributed by atoms with E-state index in [4.69, 9.17) is 0 Å². The van der Waals surface area contributed by atoms with Crippen LogP contribution in [0.5, 0.6) is 0 Å². The third-order valence-electron chi connectivity index (χ3n) is 3.33. The number of carbonyl (C=O) groups is 1. The van der Waals surface area contributed by atoms with Crippen molar-refractivity contribution in [2.24, 2.45) is 0 Å². The standard InChI is InChI=1S/C9H16N2O/c1-6-9-4-8(5-10(9)3)11(6)7(2)12/h6,8-9H,4-5H2,1-3H3. The van der Waals surface area contributed by atoms with Gasteiger partial charge >= 0.3 is 0 Å². The summed E-state index contributed by atoms with van der Waals surface area (Å²) in [4.78, 5) is 15.7. The number of likely N-dealkylation sites (tertiary alicyclic amines) is 2. The van der Waals surface area contributed by atoms with Crippen molar-refractivity contribution < 1.29 is 4.79 Å². The first-order valence-corrected chi connectivity index (χ1v) is 4.60. The largest absolute Gasteiger partial charge is 0.334 e. The summed E-state index contributed by atoms with van der Waals surface area (Å²) in [6.07, 6.45) is 1.18. The number of hydrogen-bond acceptors (Lipinski definition) is 2. The van der Waals surface area contributed by atoms with Gasteiger partial charge in [-0.3, -0.25) is 9.69 Å². The second kappa shape index (κ2) is 2.46. The Labute approximate surface area is 73.3 Å². The quantitative estimate of drug-likeness (QED) is 0.519. The Morgan fingerprint density at radius 2 is 2.17 bits per heavy atom. The van der Waals surface area contributed by atoms with Gasteiger partial charge in [-0.1, -0.05) is 0 Å². The monoisotopic (exact) mass is 168 g/mol. The summed E-state index contributed by atoms with van der Waals surface area (Å²) in [5, 5.41) is 0. The van der Waals surface area contributed by atoms with Crippen molar-refractivity contribution in [2.75, 3.05) is 13.6 Å². The first-order valence-electron chi connectivity index (χ1n) is 4.60. The van der Waals surface area contributed by atoms with E-state index in [2.05, 4.69) is 18.9 Å². The Bertz CT molecular complexity index is 215. The summed E-state index contributed by atoms with van der Waals surface area (Å²) >= 11 is 0. The van der Waals surface area contributed by atoms with Crippen molar-refractivity contribution in [3.63, 3.8) is 0 Å². The van der Waals surface area contributed by atoms with E-state index in [0.29, 0.717) is 18.1 Å². The van der Waals surface area contributed by atoms with E-state index in [-0.39, 0.29) is 5.91 Å². The lowest BCUT2D eigenvalue weighted by molar-refractivity contribution is -0.133. The summed E-state index contributed by atoms with van der Waals surface area (Å²) in [7, 11) is 2.15. The highest BCUT2D eigenvalue weighted by Gasteiger charge is 2.47. The molecule has 2 rings (SSSR count). The van der Waals surface area contributed by atoms with Crippen LogP contribution >= 0.6 is 0 Å². The molecule has 2 bridgehead atoms. The van der Waals surface area contributed by atoms with Gasteiger partial charge in [-0.2, -0.15) is 0 Å². The maximum atomic E-state index is 11.3. The Kier molecular flexibility index (Phi) is 1.65. The molecule has 3 nitrogen and oxygen atoms in total. The number of piperazine rings is 1. The summed E-state index contributed by atoms with van der Waals surface area (Å²) < 4.78 is 0. The molecule has 0 aromatic heterocycles. The smallest absolute Gasteiger partial charge is 0.220 e. The van der Waals surface area contributed by atoms with Crippen LogP contribution in [0.4, 0.5) is 0 Å². The molecule has 3 heteroatoms. The molecular formula is C9H16N2O. The molecule has 0 aromatic rings. The highest BCUT2D eigenvalue weighted by Crippen LogP contribution is 2.34. The second-order valence-corrected chi connectivity index (χ2v) is 4.06. The molecule has 0 aliphatic carbocycles. The van der Waals surface area contributed by atoms with Gasteiger partial charge in [0.25, 0.3) is 0 Å². The molecule has 1 amide bonds. The Hall–Kier alpha value is -0.570. The first-order chi connectivity index (χ1) is 5.61. The molecule has 0 spiro atoms. The van der Waals surface area contributed by atoms with Crippen LogP contribution < -0.4 is 0 Å². The SMILES string of the molecule is CC(=O)N1C2CC(C1C)N(C)C2. The van der Waals surface area contributed by atoms with E-state index >= 15 is 0 Å². The predicted molar refractivity (Wildman–Crippen MR) is 46.8 cm³/mol. The van der Waals surface area contributed by atoms with Gasteiger partial charge in [0.2, 0.25) is 5.91 Å². The number of likely N-dealkylation sites (N-methyl/N-ethyl adjacent to an activating group) is 1. The fourth-order valence-corrected chi connectivity index (χ4v) is 2.83. The van der Waals surface area contributed by atoms with Crippen molar-refractivity contribution in [1.82, 2.24) is 9.80 Å². The van der Waals surface area contributed by atoms with Crippen LogP contribution in [0.3, 0.4) is 0 Å². The zero-order valence-electron chi connectivity index (χ0n) is 7.95. The number of rotatable bonds is 0. The average Bonchev–Trinajstić information content (AvgIpc) is 2.42. The fourth-order valence-electron chi connectivity index (χ4n) is 2.83. The molecule has 12 heavy (non-hydrogen) atoms. The van der Waals surface area contributed by atoms with Gasteiger partial charge < -0.3 is 4.90 Å². The topological polar surface area (TPSA) is 23.6 Å². The molecule has 0 radical (unpaired) electrons. The number of carbonyl (C=O) groups excluding carboxylic acids is 1. The van der Waals surface area contributed by atoms with Gasteiger partial charge in [-0.15, -0.1) is 0 Å². The van der Waals surface area contributed by atoms with E-state index in [9.17, 15) is 4.79 Å². The predicted octanol–water partition coefficient (Wildman–Crippen LogP) is 0.310. The lowest BCUT2D eigenvalue weighted by atomic mass is 10.1. The summed E-state index contributed by atoms with van der Waals surface area (Å²) in [6.45, 7) is 4.90. The molecule has 0 N–H and O–H groups in total. The number of nitrogens with zero attached hydrogens (tertiary/aromatic N) is 2. The van der Waals surface area contributed by atoms with Gasteiger partial charge in [-0.25, -0.2) is 0 Å². The van der Waals surface area contributed by atoms with Gasteiger partial charge in [0.05, 0.1) is 0 Å². The second-order valence-electron chi connectivity index (χ2n) is 4.06. The first kappa shape index (κ1) is 8.05. The summed E-state index contributed by atoms with van der Waals surface area (Å²) in [5.74, 6) is 0.239. The van der Waals surface area contributed by atoms with Gasteiger partial charge in [0.15, 0.2) is 0 Å². The van der Waals surface area contributed by atoms with Crippen LogP contribution in [0.15, 0.2) is 0 Å². The highest BCUT2D eigenvalue weighted by molar-refractivity contribution is 5.74. The van der Waals surface area contributed by atoms with Crippen molar-refractivity contribution >= 4 is 5.91 Å². The minimum atomic E-state index is 0.239. The molecule has 2 heterocycles. The highest BCUT2D eigenvalue weighted by atomic mass is 16.2. The molecule has 0 saturated carbocycles. The van der Waals surface area contributed by atoms with Crippen molar-refractivity contribution in [1.29, 1.82) is 0 Å². The van der Waals surface area contributed by atoms with Crippen molar-refractivity contribution in [2.45, 2.75) is 38.4 Å². The maximum Gasteiger partial charge on any atom is 0.220 e. The third-order valence-corrected chi connectivity index (χ3v) is 3.33. The van der Waals surface area contributed by atoms with E-state index < -0.39 is 0 Å². The number of fused-ring (bicyclic) bond motifs is 2. The fraction of sp³-hybridized carbons (Fsp3) is 0.889. The minimum Gasteiger partial charge on any atom is -0.334 e. The van der Waals surface area contributed by atoms with E-state index in [0.717, 1.165) is 6.54 Å². The average molecular weight is 168 g/mol. The van der Waals surface area contributed by atoms with Gasteiger partial charge in [0.1, 0.15) is 0 Å². The molecule has 68 valence electrons. The maximum absolute atomic E-state index is 11.3. The summed E-state index contributed by atoms with van der Waals surface area (Å²) in [6, 6.07) is 1.53. The molecule has 2 aliphatic heterocycles.